The van der Waals surface area contributed by atoms with Crippen molar-refractivity contribution in [3.8, 4) is 0 Å². The fraction of sp³-hybridized carbons (Fsp3) is 0.227. The van der Waals surface area contributed by atoms with E-state index in [9.17, 15) is 23.6 Å². The molecule has 1 aliphatic rings. The highest BCUT2D eigenvalue weighted by molar-refractivity contribution is 6.01. The highest BCUT2D eigenvalue weighted by atomic mass is 19.1. The number of hydrogen-bond donors (Lipinski definition) is 1. The normalized spacial score (nSPS) is 12.4. The molecule has 2 aromatic carbocycles. The lowest BCUT2D eigenvalue weighted by molar-refractivity contribution is -0.117. The third-order valence-corrected chi connectivity index (χ3v) is 5.03. The van der Waals surface area contributed by atoms with Crippen LogP contribution in [-0.2, 0) is 22.6 Å². The molecule has 0 saturated heterocycles. The Morgan fingerprint density at radius 1 is 1.06 bits per heavy atom. The van der Waals surface area contributed by atoms with E-state index in [-0.39, 0.29) is 30.4 Å². The molecule has 0 unspecified atom stereocenters. The van der Waals surface area contributed by atoms with Gasteiger partial charge in [-0.05, 0) is 43.3 Å². The second-order valence-electron chi connectivity index (χ2n) is 7.16. The minimum atomic E-state index is -0.950. The minimum Gasteiger partial charge on any atom is -0.462 e. The van der Waals surface area contributed by atoms with Gasteiger partial charge >= 0.3 is 17.1 Å². The standard InChI is InChI=1S/C22H20FN5O5/c1-2-33-21(32)16-5-3-4-6-17(16)24-18(29)13-28-20(31)19(30)27-12-11-26(22(27)25-28)15-9-7-14(23)8-10-15/h3-10H,2,11-13H2,1H3,(H,24,29). The van der Waals surface area contributed by atoms with Gasteiger partial charge < -0.3 is 15.0 Å². The monoisotopic (exact) mass is 453 g/mol. The van der Waals surface area contributed by atoms with Gasteiger partial charge in [0.2, 0.25) is 11.9 Å². The van der Waals surface area contributed by atoms with Gasteiger partial charge in [-0.15, -0.1) is 5.10 Å². The fourth-order valence-corrected chi connectivity index (χ4v) is 3.50. The predicted octanol–water partition coefficient (Wildman–Crippen LogP) is 1.51. The van der Waals surface area contributed by atoms with Crippen LogP contribution in [0.2, 0.25) is 0 Å². The molecular formula is C22H20FN5O5. The summed E-state index contributed by atoms with van der Waals surface area (Å²) in [7, 11) is 0. The first-order chi connectivity index (χ1) is 15.9. The second kappa shape index (κ2) is 9.07. The van der Waals surface area contributed by atoms with Crippen molar-refractivity contribution in [3.05, 3.63) is 80.6 Å². The SMILES string of the molecule is CCOC(=O)c1ccccc1NC(=O)Cn1nc2n(c(=O)c1=O)CCN2c1ccc(F)cc1. The van der Waals surface area contributed by atoms with Crippen LogP contribution in [0.25, 0.3) is 0 Å². The number of rotatable bonds is 6. The van der Waals surface area contributed by atoms with E-state index in [2.05, 4.69) is 10.4 Å². The molecule has 0 fully saturated rings. The minimum absolute atomic E-state index is 0.157. The average molecular weight is 453 g/mol. The van der Waals surface area contributed by atoms with Crippen molar-refractivity contribution in [1.29, 1.82) is 0 Å². The Labute approximate surface area is 186 Å². The summed E-state index contributed by atoms with van der Waals surface area (Å²) in [6, 6.07) is 11.9. The zero-order valence-electron chi connectivity index (χ0n) is 17.7. The highest BCUT2D eigenvalue weighted by Gasteiger charge is 2.26. The van der Waals surface area contributed by atoms with Gasteiger partial charge in [-0.1, -0.05) is 12.1 Å². The first kappa shape index (κ1) is 21.9. The third-order valence-electron chi connectivity index (χ3n) is 5.03. The summed E-state index contributed by atoms with van der Waals surface area (Å²) in [6.45, 7) is 1.88. The van der Waals surface area contributed by atoms with E-state index >= 15 is 0 Å². The summed E-state index contributed by atoms with van der Waals surface area (Å²) in [5.74, 6) is -1.49. The summed E-state index contributed by atoms with van der Waals surface area (Å²) in [4.78, 5) is 51.5. The molecule has 0 aliphatic carbocycles. The molecule has 1 aromatic heterocycles. The lowest BCUT2D eigenvalue weighted by atomic mass is 10.2. The topological polar surface area (TPSA) is 116 Å². The molecular weight excluding hydrogens is 433 g/mol. The predicted molar refractivity (Wildman–Crippen MR) is 117 cm³/mol. The van der Waals surface area contributed by atoms with E-state index in [0.717, 1.165) is 4.68 Å². The van der Waals surface area contributed by atoms with Gasteiger partial charge in [0.15, 0.2) is 0 Å². The van der Waals surface area contributed by atoms with Gasteiger partial charge in [-0.2, -0.15) is 0 Å². The Hall–Kier alpha value is -4.28. The fourth-order valence-electron chi connectivity index (χ4n) is 3.50. The van der Waals surface area contributed by atoms with Crippen molar-refractivity contribution >= 4 is 29.2 Å². The molecule has 33 heavy (non-hydrogen) atoms. The maximum Gasteiger partial charge on any atom is 0.340 e. The molecule has 3 aromatic rings. The van der Waals surface area contributed by atoms with Gasteiger partial charge in [-0.25, -0.2) is 13.9 Å². The van der Waals surface area contributed by atoms with Gasteiger partial charge in [0, 0.05) is 18.8 Å². The lowest BCUT2D eigenvalue weighted by Gasteiger charge is -2.18. The first-order valence-corrected chi connectivity index (χ1v) is 10.2. The number of nitrogens with one attached hydrogen (secondary N) is 1. The molecule has 2 heterocycles. The van der Waals surface area contributed by atoms with Crippen molar-refractivity contribution in [2.45, 2.75) is 20.0 Å². The number of carbonyl (C=O) groups excluding carboxylic acids is 2. The van der Waals surface area contributed by atoms with Crippen LogP contribution >= 0.6 is 0 Å². The van der Waals surface area contributed by atoms with Crippen LogP contribution in [0, 0.1) is 5.82 Å². The van der Waals surface area contributed by atoms with Crippen LogP contribution in [0.1, 0.15) is 17.3 Å². The van der Waals surface area contributed by atoms with Crippen LogP contribution in [0.5, 0.6) is 0 Å². The van der Waals surface area contributed by atoms with Crippen LogP contribution < -0.4 is 21.3 Å². The van der Waals surface area contributed by atoms with E-state index in [1.54, 1.807) is 24.0 Å². The molecule has 0 bridgehead atoms. The number of benzene rings is 2. The summed E-state index contributed by atoms with van der Waals surface area (Å²) in [5, 5.41) is 6.77. The van der Waals surface area contributed by atoms with Crippen LogP contribution in [0.4, 0.5) is 21.7 Å². The van der Waals surface area contributed by atoms with E-state index in [0.29, 0.717) is 12.2 Å². The third kappa shape index (κ3) is 4.38. The molecule has 0 atom stereocenters. The molecule has 0 radical (unpaired) electrons. The maximum absolute atomic E-state index is 13.3. The second-order valence-corrected chi connectivity index (χ2v) is 7.16. The average Bonchev–Trinajstić information content (AvgIpc) is 3.22. The van der Waals surface area contributed by atoms with Crippen LogP contribution in [0.15, 0.2) is 58.1 Å². The van der Waals surface area contributed by atoms with Gasteiger partial charge in [0.05, 0.1) is 17.9 Å². The smallest absolute Gasteiger partial charge is 0.340 e. The molecule has 10 nitrogen and oxygen atoms in total. The lowest BCUT2D eigenvalue weighted by Crippen LogP contribution is -2.44. The summed E-state index contributed by atoms with van der Waals surface area (Å²) in [5.41, 5.74) is -0.810. The Morgan fingerprint density at radius 2 is 1.79 bits per heavy atom. The number of aromatic nitrogens is 3. The molecule has 1 amide bonds. The number of halogens is 1. The van der Waals surface area contributed by atoms with Gasteiger partial charge in [0.1, 0.15) is 12.4 Å². The van der Waals surface area contributed by atoms with Crippen LogP contribution in [0.3, 0.4) is 0 Å². The number of ether oxygens (including phenoxy) is 1. The van der Waals surface area contributed by atoms with Crippen molar-refractivity contribution in [2.24, 2.45) is 0 Å². The van der Waals surface area contributed by atoms with Gasteiger partial charge in [-0.3, -0.25) is 19.0 Å². The van der Waals surface area contributed by atoms with E-state index in [4.69, 9.17) is 4.74 Å². The summed E-state index contributed by atoms with van der Waals surface area (Å²) < 4.78 is 20.3. The number of anilines is 3. The Bertz CT molecular complexity index is 1330. The number of hydrogen-bond acceptors (Lipinski definition) is 7. The van der Waals surface area contributed by atoms with Crippen LogP contribution in [-0.4, -0.2) is 39.4 Å². The van der Waals surface area contributed by atoms with E-state index in [1.165, 1.54) is 41.0 Å². The van der Waals surface area contributed by atoms with Gasteiger partial charge in [0.25, 0.3) is 0 Å². The molecule has 1 aliphatic heterocycles. The van der Waals surface area contributed by atoms with E-state index < -0.39 is 35.4 Å². The highest BCUT2D eigenvalue weighted by Crippen LogP contribution is 2.26. The Morgan fingerprint density at radius 3 is 2.52 bits per heavy atom. The van der Waals surface area contributed by atoms with Crippen molar-refractivity contribution in [3.63, 3.8) is 0 Å². The molecule has 11 heteroatoms. The number of esters is 1. The molecule has 0 saturated carbocycles. The van der Waals surface area contributed by atoms with E-state index in [1.807, 2.05) is 0 Å². The zero-order chi connectivity index (χ0) is 23.5. The van der Waals surface area contributed by atoms with Crippen molar-refractivity contribution in [1.82, 2.24) is 14.3 Å². The molecule has 170 valence electrons. The summed E-state index contributed by atoms with van der Waals surface area (Å²) in [6.07, 6.45) is 0. The maximum atomic E-state index is 13.3. The molecule has 4 rings (SSSR count). The quantitative estimate of drug-likeness (QED) is 0.444. The Kier molecular flexibility index (Phi) is 6.03. The van der Waals surface area contributed by atoms with Crippen molar-refractivity contribution in [2.75, 3.05) is 23.4 Å². The zero-order valence-corrected chi connectivity index (χ0v) is 17.7. The number of amides is 1. The number of para-hydroxylation sites is 1. The number of carbonyl (C=O) groups is 2. The molecule has 1 N–H and O–H groups in total. The largest absolute Gasteiger partial charge is 0.462 e. The van der Waals surface area contributed by atoms with Crippen molar-refractivity contribution < 1.29 is 18.7 Å². The number of nitrogens with zero attached hydrogens (tertiary/aromatic N) is 4. The number of fused-ring (bicyclic) bond motifs is 1. The molecule has 0 spiro atoms. The summed E-state index contributed by atoms with van der Waals surface area (Å²) >= 11 is 0. The Balaban J connectivity index is 1.61. The first-order valence-electron chi connectivity index (χ1n) is 10.2.